The van der Waals surface area contributed by atoms with Crippen LogP contribution in [0.1, 0.15) is 46.0 Å². The van der Waals surface area contributed by atoms with Crippen molar-refractivity contribution in [3.8, 4) is 0 Å². The van der Waals surface area contributed by atoms with Gasteiger partial charge in [-0.1, -0.05) is 0 Å². The zero-order valence-electron chi connectivity index (χ0n) is 12.1. The van der Waals surface area contributed by atoms with Crippen molar-refractivity contribution in [3.63, 3.8) is 0 Å². The summed E-state index contributed by atoms with van der Waals surface area (Å²) in [5.41, 5.74) is 5.60. The summed E-state index contributed by atoms with van der Waals surface area (Å²) >= 11 is 0. The molecule has 5 heteroatoms. The van der Waals surface area contributed by atoms with E-state index in [0.717, 1.165) is 38.8 Å². The van der Waals surface area contributed by atoms with Crippen LogP contribution < -0.4 is 5.73 Å². The smallest absolute Gasteiger partial charge is 0.225 e. The summed E-state index contributed by atoms with van der Waals surface area (Å²) in [6.45, 7) is 6.22. The number of amides is 1. The monoisotopic (exact) mass is 270 g/mol. The van der Waals surface area contributed by atoms with Crippen molar-refractivity contribution in [1.29, 1.82) is 0 Å². The summed E-state index contributed by atoms with van der Waals surface area (Å²) in [5.74, 6) is -0.402. The Labute approximate surface area is 115 Å². The van der Waals surface area contributed by atoms with Crippen LogP contribution in [0.3, 0.4) is 0 Å². The van der Waals surface area contributed by atoms with Crippen LogP contribution in [-0.2, 0) is 14.3 Å². The molecule has 2 saturated heterocycles. The lowest BCUT2D eigenvalue weighted by Gasteiger charge is -2.41. The Morgan fingerprint density at radius 2 is 1.89 bits per heavy atom. The lowest BCUT2D eigenvalue weighted by atomic mass is 10.0. The molecular weight excluding hydrogens is 244 g/mol. The maximum atomic E-state index is 12.2. The number of hydrogen-bond acceptors (Lipinski definition) is 4. The van der Waals surface area contributed by atoms with Gasteiger partial charge in [0.05, 0.1) is 18.6 Å². The average molecular weight is 270 g/mol. The second-order valence-electron chi connectivity index (χ2n) is 5.98. The Kier molecular flexibility index (Phi) is 4.81. The number of nitrogens with zero attached hydrogens (tertiary/aromatic N) is 1. The van der Waals surface area contributed by atoms with E-state index in [9.17, 15) is 4.79 Å². The van der Waals surface area contributed by atoms with Gasteiger partial charge in [0, 0.05) is 19.5 Å². The van der Waals surface area contributed by atoms with Crippen molar-refractivity contribution in [2.45, 2.75) is 63.9 Å². The van der Waals surface area contributed by atoms with Crippen LogP contribution in [-0.4, -0.2) is 48.4 Å². The molecule has 0 bridgehead atoms. The maximum absolute atomic E-state index is 12.2. The number of nitrogens with two attached hydrogens (primary N) is 1. The Morgan fingerprint density at radius 1 is 1.26 bits per heavy atom. The number of hydrogen-bond donors (Lipinski definition) is 1. The molecule has 2 aliphatic heterocycles. The van der Waals surface area contributed by atoms with Crippen LogP contribution in [0.15, 0.2) is 0 Å². The van der Waals surface area contributed by atoms with Gasteiger partial charge in [0.2, 0.25) is 5.91 Å². The molecule has 0 aromatic carbocycles. The van der Waals surface area contributed by atoms with Crippen molar-refractivity contribution < 1.29 is 14.3 Å². The molecule has 2 N–H and O–H groups in total. The highest BCUT2D eigenvalue weighted by Gasteiger charge is 2.36. The lowest BCUT2D eigenvalue weighted by Crippen LogP contribution is -2.46. The quantitative estimate of drug-likeness (QED) is 0.835. The molecule has 110 valence electrons. The second-order valence-corrected chi connectivity index (χ2v) is 5.98. The summed E-state index contributed by atoms with van der Waals surface area (Å²) in [5, 5.41) is 0. The van der Waals surface area contributed by atoms with Gasteiger partial charge in [-0.2, -0.15) is 0 Å². The summed E-state index contributed by atoms with van der Waals surface area (Å²) in [7, 11) is 0. The summed E-state index contributed by atoms with van der Waals surface area (Å²) < 4.78 is 11.7. The van der Waals surface area contributed by atoms with Gasteiger partial charge in [-0.15, -0.1) is 0 Å². The van der Waals surface area contributed by atoms with E-state index < -0.39 is 5.79 Å². The van der Waals surface area contributed by atoms with E-state index in [1.54, 1.807) is 0 Å². The van der Waals surface area contributed by atoms with Gasteiger partial charge < -0.3 is 20.1 Å². The van der Waals surface area contributed by atoms with E-state index in [2.05, 4.69) is 0 Å². The first kappa shape index (κ1) is 14.8. The fraction of sp³-hybridized carbons (Fsp3) is 0.929. The van der Waals surface area contributed by atoms with E-state index in [0.29, 0.717) is 13.0 Å². The van der Waals surface area contributed by atoms with Gasteiger partial charge in [0.1, 0.15) is 0 Å². The number of rotatable bonds is 4. The van der Waals surface area contributed by atoms with Crippen molar-refractivity contribution in [3.05, 3.63) is 0 Å². The average Bonchev–Trinajstić information content (AvgIpc) is 2.80. The van der Waals surface area contributed by atoms with Gasteiger partial charge in [-0.25, -0.2) is 0 Å². The highest BCUT2D eigenvalue weighted by molar-refractivity contribution is 5.76. The highest BCUT2D eigenvalue weighted by Crippen LogP contribution is 2.30. The van der Waals surface area contributed by atoms with Crippen LogP contribution >= 0.6 is 0 Å². The number of likely N-dealkylation sites (tertiary alicyclic amines) is 1. The van der Waals surface area contributed by atoms with E-state index >= 15 is 0 Å². The number of ether oxygens (including phenoxy) is 2. The molecule has 0 saturated carbocycles. The van der Waals surface area contributed by atoms with Crippen molar-refractivity contribution >= 4 is 5.91 Å². The third-order valence-corrected chi connectivity index (χ3v) is 3.78. The van der Waals surface area contributed by atoms with Gasteiger partial charge >= 0.3 is 0 Å². The standard InChI is InChI=1S/C14H26N2O3/c1-14(2)18-11(5-6-15)9-12(19-14)10-13(17)16-7-3-4-8-16/h11-12H,3-10,15H2,1-2H3. The van der Waals surface area contributed by atoms with Crippen LogP contribution in [0.4, 0.5) is 0 Å². The normalized spacial score (nSPS) is 30.6. The first-order valence-corrected chi connectivity index (χ1v) is 7.33. The van der Waals surface area contributed by atoms with E-state index in [-0.39, 0.29) is 18.1 Å². The largest absolute Gasteiger partial charge is 0.347 e. The van der Waals surface area contributed by atoms with Crippen molar-refractivity contribution in [2.24, 2.45) is 5.73 Å². The van der Waals surface area contributed by atoms with Crippen molar-refractivity contribution in [1.82, 2.24) is 4.90 Å². The molecule has 0 spiro atoms. The molecule has 5 nitrogen and oxygen atoms in total. The van der Waals surface area contributed by atoms with Crippen LogP contribution in [0.5, 0.6) is 0 Å². The number of carbonyl (C=O) groups excluding carboxylic acids is 1. The maximum Gasteiger partial charge on any atom is 0.225 e. The zero-order valence-corrected chi connectivity index (χ0v) is 12.1. The fourth-order valence-corrected chi connectivity index (χ4v) is 3.00. The first-order chi connectivity index (χ1) is 9.00. The molecule has 0 aromatic heterocycles. The van der Waals surface area contributed by atoms with E-state index in [4.69, 9.17) is 15.2 Å². The van der Waals surface area contributed by atoms with Gasteiger partial charge in [0.25, 0.3) is 0 Å². The molecule has 0 aliphatic carbocycles. The minimum Gasteiger partial charge on any atom is -0.347 e. The minimum absolute atomic E-state index is 0.0478. The van der Waals surface area contributed by atoms with Crippen molar-refractivity contribution in [2.75, 3.05) is 19.6 Å². The Bertz CT molecular complexity index is 314. The summed E-state index contributed by atoms with van der Waals surface area (Å²) in [6, 6.07) is 0. The second kappa shape index (κ2) is 6.20. The van der Waals surface area contributed by atoms with Crippen LogP contribution in [0, 0.1) is 0 Å². The van der Waals surface area contributed by atoms with Crippen LogP contribution in [0.25, 0.3) is 0 Å². The SMILES string of the molecule is CC1(C)OC(CCN)CC(CC(=O)N2CCCC2)O1. The first-order valence-electron chi connectivity index (χ1n) is 7.33. The van der Waals surface area contributed by atoms with E-state index in [1.807, 2.05) is 18.7 Å². The molecule has 2 atom stereocenters. The van der Waals surface area contributed by atoms with Gasteiger partial charge in [-0.05, 0) is 39.7 Å². The molecule has 1 amide bonds. The van der Waals surface area contributed by atoms with Gasteiger partial charge in [0.15, 0.2) is 5.79 Å². The van der Waals surface area contributed by atoms with Gasteiger partial charge in [-0.3, -0.25) is 4.79 Å². The molecule has 0 aromatic rings. The molecule has 2 aliphatic rings. The molecule has 2 rings (SSSR count). The van der Waals surface area contributed by atoms with E-state index in [1.165, 1.54) is 0 Å². The third kappa shape index (κ3) is 4.16. The molecule has 2 heterocycles. The molecular formula is C14H26N2O3. The Balaban J connectivity index is 1.89. The predicted octanol–water partition coefficient (Wildman–Crippen LogP) is 1.26. The predicted molar refractivity (Wildman–Crippen MR) is 72.5 cm³/mol. The molecule has 2 fully saturated rings. The molecule has 0 radical (unpaired) electrons. The van der Waals surface area contributed by atoms with Crippen LogP contribution in [0.2, 0.25) is 0 Å². The minimum atomic E-state index is -0.617. The molecule has 19 heavy (non-hydrogen) atoms. The lowest BCUT2D eigenvalue weighted by molar-refractivity contribution is -0.299. The summed E-state index contributed by atoms with van der Waals surface area (Å²) in [6.07, 6.45) is 4.36. The topological polar surface area (TPSA) is 64.8 Å². The fourth-order valence-electron chi connectivity index (χ4n) is 3.00. The third-order valence-electron chi connectivity index (χ3n) is 3.78. The number of carbonyl (C=O) groups is 1. The zero-order chi connectivity index (χ0) is 13.9. The Hall–Kier alpha value is -0.650. The summed E-state index contributed by atoms with van der Waals surface area (Å²) in [4.78, 5) is 14.1. The highest BCUT2D eigenvalue weighted by atomic mass is 16.7. The molecule has 2 unspecified atom stereocenters. The Morgan fingerprint density at radius 3 is 2.53 bits per heavy atom.